The normalized spacial score (nSPS) is 15.8. The summed E-state index contributed by atoms with van der Waals surface area (Å²) in [5.41, 5.74) is 10.2. The molecule has 0 aliphatic heterocycles. The number of para-hydroxylation sites is 2. The van der Waals surface area contributed by atoms with E-state index in [1.54, 1.807) is 12.2 Å². The topological polar surface area (TPSA) is 181 Å². The summed E-state index contributed by atoms with van der Waals surface area (Å²) in [6.45, 7) is 0. The van der Waals surface area contributed by atoms with E-state index in [9.17, 15) is 30.0 Å². The van der Waals surface area contributed by atoms with Crippen molar-refractivity contribution in [2.24, 2.45) is 0 Å². The van der Waals surface area contributed by atoms with E-state index in [-0.39, 0.29) is 63.4 Å². The first kappa shape index (κ1) is 45.7. The number of carboxylic acids is 2. The maximum atomic E-state index is 10.8. The second kappa shape index (κ2) is 21.3. The Labute approximate surface area is 385 Å². The maximum Gasteiger partial charge on any atom is 0.305 e. The van der Waals surface area contributed by atoms with E-state index in [4.69, 9.17) is 20.2 Å². The van der Waals surface area contributed by atoms with E-state index in [1.807, 2.05) is 84.9 Å². The van der Waals surface area contributed by atoms with Crippen LogP contribution in [0.3, 0.4) is 0 Å². The Kier molecular flexibility index (Phi) is 16.0. The predicted octanol–water partition coefficient (Wildman–Crippen LogP) is 8.38. The smallest absolute Gasteiger partial charge is 0.305 e. The Balaban J connectivity index is 0.000000201. The largest absolute Gasteiger partial charge is 0.481 e. The number of hydrogen-bond acceptors (Lipinski definition) is 8. The van der Waals surface area contributed by atoms with Gasteiger partial charge in [0.25, 0.3) is 0 Å². The zero-order chi connectivity index (χ0) is 42.2. The van der Waals surface area contributed by atoms with Gasteiger partial charge in [-0.05, 0) is 48.9 Å². The molecule has 2 fully saturated rings. The number of aliphatic hydroxyl groups excluding tert-OH is 4. The van der Waals surface area contributed by atoms with E-state index in [0.29, 0.717) is 11.8 Å². The molecular weight excluding hydrogens is 797 g/mol. The van der Waals surface area contributed by atoms with Crippen LogP contribution in [0.4, 0.5) is 0 Å². The van der Waals surface area contributed by atoms with Gasteiger partial charge >= 0.3 is 11.9 Å². The molecule has 2 saturated carbocycles. The fraction of sp³-hybridized carbons (Fsp3) is 0.280. The molecule has 11 heteroatoms. The van der Waals surface area contributed by atoms with Crippen molar-refractivity contribution in [1.82, 2.24) is 9.97 Å². The summed E-state index contributed by atoms with van der Waals surface area (Å²) >= 11 is 0. The monoisotopic (exact) mass is 846 g/mol. The maximum absolute atomic E-state index is 10.8. The first-order valence-electron chi connectivity index (χ1n) is 20.5. The molecule has 6 N–H and O–H groups in total. The molecule has 4 unspecified atom stereocenters. The molecule has 0 saturated heterocycles. The summed E-state index contributed by atoms with van der Waals surface area (Å²) in [4.78, 5) is 31.4. The van der Waals surface area contributed by atoms with Crippen molar-refractivity contribution in [1.29, 1.82) is 0 Å². The SMILES string of the molecule is O=C(O)CC(O)CC(O)C=Cc1c(C2CC2)nc2ccccc2c1-c1ccccc1.O=C(O)CC(O)CC(O)C=Cc1c(C2CC2)nc2ccccc2c1-c1ccccc1.[Ca]. The van der Waals surface area contributed by atoms with Gasteiger partial charge in [-0.25, -0.2) is 0 Å². The number of carboxylic acid groups (broad SMARTS) is 2. The minimum Gasteiger partial charge on any atom is -0.481 e. The number of aliphatic hydroxyl groups is 4. The summed E-state index contributed by atoms with van der Waals surface area (Å²) < 4.78 is 0. The van der Waals surface area contributed by atoms with Gasteiger partial charge in [-0.1, -0.05) is 121 Å². The van der Waals surface area contributed by atoms with Gasteiger partial charge in [0, 0.05) is 95.4 Å². The number of hydrogen-bond donors (Lipinski definition) is 6. The van der Waals surface area contributed by atoms with E-state index >= 15 is 0 Å². The molecule has 2 heterocycles. The van der Waals surface area contributed by atoms with Gasteiger partial charge in [-0.15, -0.1) is 0 Å². The predicted molar refractivity (Wildman–Crippen MR) is 240 cm³/mol. The van der Waals surface area contributed by atoms with Crippen molar-refractivity contribution >= 4 is 83.6 Å². The second-order valence-electron chi connectivity index (χ2n) is 15.7. The molecule has 10 nitrogen and oxygen atoms in total. The van der Waals surface area contributed by atoms with Gasteiger partial charge in [0.15, 0.2) is 0 Å². The van der Waals surface area contributed by atoms with Crippen LogP contribution in [0.25, 0.3) is 56.2 Å². The summed E-state index contributed by atoms with van der Waals surface area (Å²) in [5.74, 6) is -1.35. The van der Waals surface area contributed by atoms with Gasteiger partial charge in [-0.2, -0.15) is 0 Å². The number of aliphatic carboxylic acids is 2. The summed E-state index contributed by atoms with van der Waals surface area (Å²) in [6.07, 6.45) is 6.54. The third-order valence-corrected chi connectivity index (χ3v) is 10.8. The van der Waals surface area contributed by atoms with E-state index in [2.05, 4.69) is 36.4 Å². The third kappa shape index (κ3) is 12.2. The van der Waals surface area contributed by atoms with Crippen LogP contribution in [-0.4, -0.2) is 115 Å². The molecule has 61 heavy (non-hydrogen) atoms. The number of fused-ring (bicyclic) bond motifs is 2. The molecule has 310 valence electrons. The molecule has 2 aliphatic rings. The molecule has 0 amide bonds. The molecule has 2 radical (unpaired) electrons. The van der Waals surface area contributed by atoms with E-state index in [0.717, 1.165) is 92.3 Å². The Morgan fingerprint density at radius 2 is 0.885 bits per heavy atom. The van der Waals surface area contributed by atoms with Crippen LogP contribution in [0.1, 0.15) is 85.7 Å². The van der Waals surface area contributed by atoms with Crippen LogP contribution in [0.5, 0.6) is 0 Å². The van der Waals surface area contributed by atoms with Gasteiger partial charge in [0.1, 0.15) is 0 Å². The summed E-state index contributed by atoms with van der Waals surface area (Å²) in [7, 11) is 0. The van der Waals surface area contributed by atoms with E-state index in [1.165, 1.54) is 0 Å². The second-order valence-corrected chi connectivity index (χ2v) is 15.7. The number of benzene rings is 4. The molecular formula is C50H50CaN2O8. The Morgan fingerprint density at radius 3 is 1.23 bits per heavy atom. The zero-order valence-corrected chi connectivity index (χ0v) is 36.1. The van der Waals surface area contributed by atoms with Crippen LogP contribution in [0, 0.1) is 0 Å². The summed E-state index contributed by atoms with van der Waals surface area (Å²) in [5, 5.41) is 60.1. The molecule has 8 rings (SSSR count). The van der Waals surface area contributed by atoms with Crippen LogP contribution < -0.4 is 0 Å². The molecule has 4 atom stereocenters. The Morgan fingerprint density at radius 1 is 0.541 bits per heavy atom. The zero-order valence-electron chi connectivity index (χ0n) is 33.9. The standard InChI is InChI=1S/2C25H25NO4.Ca/c2*27-18(14-19(28)15-23(29)30)12-13-21-24(16-6-2-1-3-7-16)20-8-4-5-9-22(20)26-25(21)17-10-11-17;/h2*1-9,12-13,17-19,27-28H,10-11,14-15H2,(H,29,30);. The van der Waals surface area contributed by atoms with Crippen molar-refractivity contribution in [3.63, 3.8) is 0 Å². The fourth-order valence-electron chi connectivity index (χ4n) is 7.70. The molecule has 0 bridgehead atoms. The van der Waals surface area contributed by atoms with Gasteiger partial charge < -0.3 is 30.6 Å². The van der Waals surface area contributed by atoms with Gasteiger partial charge in [0.2, 0.25) is 0 Å². The van der Waals surface area contributed by atoms with Crippen LogP contribution in [-0.2, 0) is 9.59 Å². The third-order valence-electron chi connectivity index (χ3n) is 10.8. The number of aromatic nitrogens is 2. The summed E-state index contributed by atoms with van der Waals surface area (Å²) in [6, 6.07) is 36.4. The first-order chi connectivity index (χ1) is 29.0. The number of pyridine rings is 2. The number of rotatable bonds is 16. The van der Waals surface area contributed by atoms with Crippen molar-refractivity contribution < 1.29 is 40.2 Å². The minimum atomic E-state index is -1.09. The molecule has 2 aromatic heterocycles. The van der Waals surface area contributed by atoms with Gasteiger partial charge in [-0.3, -0.25) is 19.6 Å². The van der Waals surface area contributed by atoms with Gasteiger partial charge in [0.05, 0.1) is 59.7 Å². The molecule has 0 spiro atoms. The average Bonchev–Trinajstić information content (AvgIpc) is 4.17. The van der Waals surface area contributed by atoms with Crippen molar-refractivity contribution in [2.45, 2.75) is 87.6 Å². The number of carbonyl (C=O) groups is 2. The fourth-order valence-corrected chi connectivity index (χ4v) is 7.70. The number of nitrogens with zero attached hydrogens (tertiary/aromatic N) is 2. The van der Waals surface area contributed by atoms with E-state index < -0.39 is 36.4 Å². The quantitative estimate of drug-likeness (QED) is 0.0518. The van der Waals surface area contributed by atoms with Crippen molar-refractivity contribution in [3.8, 4) is 22.3 Å². The van der Waals surface area contributed by atoms with Crippen molar-refractivity contribution in [2.75, 3.05) is 0 Å². The van der Waals surface area contributed by atoms with Crippen molar-refractivity contribution in [3.05, 3.63) is 144 Å². The Hall–Kier alpha value is -4.78. The van der Waals surface area contributed by atoms with Crippen LogP contribution in [0.15, 0.2) is 121 Å². The Bertz CT molecular complexity index is 2330. The minimum absolute atomic E-state index is 0. The first-order valence-corrected chi connectivity index (χ1v) is 20.5. The molecule has 6 aromatic rings. The molecule has 2 aliphatic carbocycles. The van der Waals surface area contributed by atoms with Crippen LogP contribution in [0.2, 0.25) is 0 Å². The molecule has 4 aromatic carbocycles. The van der Waals surface area contributed by atoms with Crippen LogP contribution >= 0.6 is 0 Å². The average molecular weight is 847 g/mol.